The minimum absolute atomic E-state index is 0.0706. The maximum Gasteiger partial charge on any atom is 0.242 e. The van der Waals surface area contributed by atoms with Gasteiger partial charge in [-0.05, 0) is 62.3 Å². The predicted octanol–water partition coefficient (Wildman–Crippen LogP) is 5.31. The molecule has 31 heavy (non-hydrogen) atoms. The molecule has 1 N–H and O–H groups in total. The van der Waals surface area contributed by atoms with E-state index in [2.05, 4.69) is 11.4 Å². The number of hydrogen-bond donors (Lipinski definition) is 1. The molecule has 164 valence electrons. The molecular formula is C26H31ClN2O2. The molecule has 4 nitrogen and oxygen atoms in total. The van der Waals surface area contributed by atoms with E-state index in [0.29, 0.717) is 18.1 Å². The number of halogens is 1. The average Bonchev–Trinajstić information content (AvgIpc) is 2.79. The summed E-state index contributed by atoms with van der Waals surface area (Å²) in [7, 11) is 0. The van der Waals surface area contributed by atoms with Crippen molar-refractivity contribution in [3.63, 3.8) is 0 Å². The zero-order chi connectivity index (χ0) is 22.1. The second-order valence-electron chi connectivity index (χ2n) is 8.14. The summed E-state index contributed by atoms with van der Waals surface area (Å²) in [6.07, 6.45) is 8.21. The van der Waals surface area contributed by atoms with Gasteiger partial charge in [0, 0.05) is 18.1 Å². The Morgan fingerprint density at radius 3 is 2.45 bits per heavy atom. The van der Waals surface area contributed by atoms with Crippen LogP contribution in [0.4, 0.5) is 0 Å². The van der Waals surface area contributed by atoms with Crippen molar-refractivity contribution in [2.24, 2.45) is 0 Å². The summed E-state index contributed by atoms with van der Waals surface area (Å²) in [5, 5.41) is 3.68. The molecule has 2 aromatic carbocycles. The minimum Gasteiger partial charge on any atom is -0.354 e. The Balaban J connectivity index is 1.65. The molecular weight excluding hydrogens is 408 g/mol. The maximum atomic E-state index is 13.2. The normalized spacial score (nSPS) is 14.5. The van der Waals surface area contributed by atoms with Crippen molar-refractivity contribution >= 4 is 23.4 Å². The first-order valence-electron chi connectivity index (χ1n) is 11.1. The first-order chi connectivity index (χ1) is 15.0. The molecule has 5 heteroatoms. The number of rotatable bonds is 9. The van der Waals surface area contributed by atoms with E-state index in [9.17, 15) is 9.59 Å². The van der Waals surface area contributed by atoms with E-state index >= 15 is 0 Å². The largest absolute Gasteiger partial charge is 0.354 e. The molecule has 2 amide bonds. The molecule has 1 aliphatic carbocycles. The van der Waals surface area contributed by atoms with Crippen molar-refractivity contribution in [2.45, 2.75) is 58.0 Å². The number of carbonyl (C=O) groups is 2. The van der Waals surface area contributed by atoms with Gasteiger partial charge < -0.3 is 10.2 Å². The maximum absolute atomic E-state index is 13.2. The third kappa shape index (κ3) is 7.25. The van der Waals surface area contributed by atoms with Crippen LogP contribution in [0.3, 0.4) is 0 Å². The number of benzene rings is 2. The van der Waals surface area contributed by atoms with Gasteiger partial charge in [0.05, 0.1) is 6.42 Å². The first-order valence-corrected chi connectivity index (χ1v) is 11.4. The van der Waals surface area contributed by atoms with E-state index in [4.69, 9.17) is 11.6 Å². The van der Waals surface area contributed by atoms with Gasteiger partial charge in [-0.3, -0.25) is 9.59 Å². The van der Waals surface area contributed by atoms with Crippen molar-refractivity contribution in [3.8, 4) is 0 Å². The molecule has 2 aromatic rings. The highest BCUT2D eigenvalue weighted by Gasteiger charge is 2.26. The van der Waals surface area contributed by atoms with Crippen molar-refractivity contribution in [3.05, 3.63) is 82.4 Å². The fourth-order valence-corrected chi connectivity index (χ4v) is 3.99. The lowest BCUT2D eigenvalue weighted by Gasteiger charge is -2.29. The van der Waals surface area contributed by atoms with Crippen molar-refractivity contribution < 1.29 is 9.59 Å². The summed E-state index contributed by atoms with van der Waals surface area (Å²) in [6.45, 7) is 2.77. The van der Waals surface area contributed by atoms with Crippen LogP contribution in [0.15, 0.2) is 66.2 Å². The monoisotopic (exact) mass is 438 g/mol. The lowest BCUT2D eigenvalue weighted by Crippen LogP contribution is -2.48. The number of nitrogens with zero attached hydrogens (tertiary/aromatic N) is 1. The summed E-state index contributed by atoms with van der Waals surface area (Å²) < 4.78 is 0. The standard InChI is InChI=1S/C26H31ClN2O2/c1-20(26(31)28-17-16-21-8-4-2-5-9-21)29(19-23-12-14-24(27)15-13-23)25(30)18-22-10-6-3-7-11-22/h3,6-8,10-15,20H,2,4-5,9,16-19H2,1H3,(H,28,31)/t20-/m0/s1. The first kappa shape index (κ1) is 23.1. The average molecular weight is 439 g/mol. The molecule has 0 heterocycles. The van der Waals surface area contributed by atoms with Crippen LogP contribution in [-0.4, -0.2) is 29.3 Å². The van der Waals surface area contributed by atoms with Crippen LogP contribution < -0.4 is 5.32 Å². The molecule has 0 radical (unpaired) electrons. The van der Waals surface area contributed by atoms with E-state index in [1.54, 1.807) is 24.0 Å². The molecule has 0 fully saturated rings. The van der Waals surface area contributed by atoms with Crippen LogP contribution in [0.25, 0.3) is 0 Å². The molecule has 0 saturated heterocycles. The molecule has 0 spiro atoms. The fraction of sp³-hybridized carbons (Fsp3) is 0.385. The van der Waals surface area contributed by atoms with Gasteiger partial charge in [0.25, 0.3) is 0 Å². The van der Waals surface area contributed by atoms with Gasteiger partial charge in [-0.15, -0.1) is 0 Å². The molecule has 0 saturated carbocycles. The second-order valence-corrected chi connectivity index (χ2v) is 8.57. The number of amides is 2. The number of hydrogen-bond acceptors (Lipinski definition) is 2. The van der Waals surface area contributed by atoms with E-state index in [-0.39, 0.29) is 18.2 Å². The number of allylic oxidation sites excluding steroid dienone is 1. The molecule has 1 atom stereocenters. The predicted molar refractivity (Wildman–Crippen MR) is 126 cm³/mol. The van der Waals surface area contributed by atoms with Crippen LogP contribution in [0.1, 0.15) is 50.2 Å². The van der Waals surface area contributed by atoms with E-state index in [0.717, 1.165) is 30.4 Å². The highest BCUT2D eigenvalue weighted by Crippen LogP contribution is 2.19. The van der Waals surface area contributed by atoms with Crippen LogP contribution in [-0.2, 0) is 22.6 Å². The van der Waals surface area contributed by atoms with Crippen molar-refractivity contribution in [2.75, 3.05) is 6.54 Å². The minimum atomic E-state index is -0.563. The van der Waals surface area contributed by atoms with Gasteiger partial charge in [0.1, 0.15) is 6.04 Å². The molecule has 0 aromatic heterocycles. The van der Waals surface area contributed by atoms with Gasteiger partial charge in [-0.1, -0.05) is 65.7 Å². The molecule has 0 aliphatic heterocycles. The van der Waals surface area contributed by atoms with Gasteiger partial charge in [-0.25, -0.2) is 0 Å². The Bertz CT molecular complexity index is 893. The van der Waals surface area contributed by atoms with Crippen molar-refractivity contribution in [1.82, 2.24) is 10.2 Å². The SMILES string of the molecule is C[C@@H](C(=O)NCCC1=CCCCC1)N(Cc1ccc(Cl)cc1)C(=O)Cc1ccccc1. The Labute approximate surface area is 190 Å². The van der Waals surface area contributed by atoms with Gasteiger partial charge in [0.2, 0.25) is 11.8 Å². The number of carbonyl (C=O) groups excluding carboxylic acids is 2. The summed E-state index contributed by atoms with van der Waals surface area (Å²) in [5.41, 5.74) is 3.31. The lowest BCUT2D eigenvalue weighted by atomic mass is 9.97. The van der Waals surface area contributed by atoms with E-state index in [1.165, 1.54) is 18.4 Å². The lowest BCUT2D eigenvalue weighted by molar-refractivity contribution is -0.140. The Kier molecular flexibility index (Phi) is 8.72. The molecule has 1 aliphatic rings. The van der Waals surface area contributed by atoms with E-state index < -0.39 is 6.04 Å². The van der Waals surface area contributed by atoms with Crippen LogP contribution >= 0.6 is 11.6 Å². The number of nitrogens with one attached hydrogen (secondary N) is 1. The summed E-state index contributed by atoms with van der Waals surface area (Å²) in [6, 6.07) is 16.5. The smallest absolute Gasteiger partial charge is 0.242 e. The molecule has 0 bridgehead atoms. The van der Waals surface area contributed by atoms with Crippen molar-refractivity contribution in [1.29, 1.82) is 0 Å². The van der Waals surface area contributed by atoms with Crippen LogP contribution in [0, 0.1) is 0 Å². The zero-order valence-electron chi connectivity index (χ0n) is 18.1. The Morgan fingerprint density at radius 1 is 1.03 bits per heavy atom. The Hall–Kier alpha value is -2.59. The Morgan fingerprint density at radius 2 is 1.77 bits per heavy atom. The van der Waals surface area contributed by atoms with E-state index in [1.807, 2.05) is 42.5 Å². The summed E-state index contributed by atoms with van der Waals surface area (Å²) in [4.78, 5) is 27.7. The highest BCUT2D eigenvalue weighted by atomic mass is 35.5. The summed E-state index contributed by atoms with van der Waals surface area (Å²) in [5.74, 6) is -0.189. The second kappa shape index (κ2) is 11.7. The van der Waals surface area contributed by atoms with Crippen LogP contribution in [0.2, 0.25) is 5.02 Å². The quantitative estimate of drug-likeness (QED) is 0.539. The van der Waals surface area contributed by atoms with Gasteiger partial charge >= 0.3 is 0 Å². The summed E-state index contributed by atoms with van der Waals surface area (Å²) >= 11 is 6.00. The fourth-order valence-electron chi connectivity index (χ4n) is 3.87. The van der Waals surface area contributed by atoms with Crippen LogP contribution in [0.5, 0.6) is 0 Å². The third-order valence-corrected chi connectivity index (χ3v) is 6.01. The topological polar surface area (TPSA) is 49.4 Å². The van der Waals surface area contributed by atoms with Gasteiger partial charge in [0.15, 0.2) is 0 Å². The molecule has 3 rings (SSSR count). The molecule has 0 unspecified atom stereocenters. The highest BCUT2D eigenvalue weighted by molar-refractivity contribution is 6.30. The third-order valence-electron chi connectivity index (χ3n) is 5.76. The zero-order valence-corrected chi connectivity index (χ0v) is 18.9. The van der Waals surface area contributed by atoms with Gasteiger partial charge in [-0.2, -0.15) is 0 Å².